The number of nitrogens with zero attached hydrogens (tertiary/aromatic N) is 3. The van der Waals surface area contributed by atoms with Gasteiger partial charge >= 0.3 is 6.09 Å². The molecule has 11 amide bonds. The number of carbonyl (C=O) groups is 11. The highest BCUT2D eigenvalue weighted by Crippen LogP contribution is 2.41. The molecule has 5 rings (SSSR count). The summed E-state index contributed by atoms with van der Waals surface area (Å²) >= 11 is 0. The van der Waals surface area contributed by atoms with Crippen LogP contribution in [0.25, 0.3) is 11.1 Å². The molecule has 0 bridgehead atoms. The van der Waals surface area contributed by atoms with Crippen LogP contribution in [0.2, 0.25) is 0 Å². The van der Waals surface area contributed by atoms with E-state index in [2.05, 4.69) is 31.9 Å². The monoisotopic (exact) mass is 1130 g/mol. The predicted octanol–water partition coefficient (Wildman–Crippen LogP) is 0.457. The van der Waals surface area contributed by atoms with E-state index in [0.29, 0.717) is 16.2 Å². The van der Waals surface area contributed by atoms with Crippen molar-refractivity contribution >= 4 is 65.2 Å². The second-order valence-electron chi connectivity index (χ2n) is 19.9. The number of aliphatic hydroxyl groups is 1. The fourth-order valence-electron chi connectivity index (χ4n) is 8.58. The summed E-state index contributed by atoms with van der Waals surface area (Å²) in [6.45, 7) is 3.93. The number of alkyl carbamates (subject to hydrolysis) is 1. The number of primary amides is 2. The van der Waals surface area contributed by atoms with E-state index in [9.17, 15) is 62.2 Å². The van der Waals surface area contributed by atoms with Gasteiger partial charge in [0.05, 0.1) is 18.9 Å². The lowest BCUT2D eigenvalue weighted by atomic mass is 9.82. The van der Waals surface area contributed by atoms with E-state index in [1.807, 2.05) is 12.1 Å². The van der Waals surface area contributed by atoms with Crippen LogP contribution in [-0.2, 0) is 65.8 Å². The van der Waals surface area contributed by atoms with Crippen molar-refractivity contribution in [3.8, 4) is 11.1 Å². The number of amides is 11. The quantitative estimate of drug-likeness (QED) is 0.0276. The first kappa shape index (κ1) is 62.5. The van der Waals surface area contributed by atoms with E-state index in [4.69, 9.17) is 16.2 Å². The molecule has 26 heteroatoms. The third-order valence-corrected chi connectivity index (χ3v) is 12.5. The Morgan fingerprint density at radius 3 is 1.94 bits per heavy atom. The highest BCUT2D eigenvalue weighted by atomic mass is 19.1. The number of nitrogens with one attached hydrogen (secondary N) is 6. The maximum atomic E-state index is 15.4. The van der Waals surface area contributed by atoms with Crippen molar-refractivity contribution in [2.24, 2.45) is 16.9 Å². The zero-order valence-electron chi connectivity index (χ0n) is 44.9. The van der Waals surface area contributed by atoms with Gasteiger partial charge in [0.15, 0.2) is 0 Å². The molecule has 0 radical (unpaired) electrons. The van der Waals surface area contributed by atoms with Crippen LogP contribution in [0.5, 0.6) is 0 Å². The average Bonchev–Trinajstić information content (AvgIpc) is 4.20. The first-order valence-electron chi connectivity index (χ1n) is 25.5. The molecule has 0 saturated heterocycles. The minimum atomic E-state index is -1.86. The Morgan fingerprint density at radius 1 is 0.716 bits per heavy atom. The second-order valence-corrected chi connectivity index (χ2v) is 19.9. The molecule has 11 N–H and O–H groups in total. The topological polar surface area (TPSA) is 353 Å². The number of benzene rings is 3. The standard InChI is InChI=1S/C55H65F2N11O13/c1-32(62-54(80)81-31-34-13-9-6-10-14-34)51(77)65-40(50(59)76)26-44(71)63-41(25-43(58)70)53(79)64-39(52(78)61-21-20-60-45(72)29-68-46(73)17-18-47(68)74)19-22-67(48(75)30-69)49(55(2,3)4)42-23-35(37-24-36(56)15-16-38(37)57)28-66(42)27-33-11-7-5-8-12-33/h5-18,23-24,28,32,39-41,49,69H,19-22,25-27,29-31H2,1-4H3,(H2,58,70)(H2,59,76)(H,60,72)(H,61,78)(H,62,80)(H,63,71)(H,64,79)(H,65,77)/t32-,39-,40+,41-,49-/m0/s1. The summed E-state index contributed by atoms with van der Waals surface area (Å²) < 4.78 is 36.9. The molecule has 81 heavy (non-hydrogen) atoms. The van der Waals surface area contributed by atoms with Crippen molar-refractivity contribution in [1.29, 1.82) is 0 Å². The fourth-order valence-corrected chi connectivity index (χ4v) is 8.58. The van der Waals surface area contributed by atoms with Gasteiger partial charge in [-0.3, -0.25) is 52.8 Å². The fraction of sp³-hybridized carbons (Fsp3) is 0.364. The summed E-state index contributed by atoms with van der Waals surface area (Å²) in [5.74, 6) is -11.1. The Balaban J connectivity index is 1.40. The Morgan fingerprint density at radius 2 is 1.33 bits per heavy atom. The van der Waals surface area contributed by atoms with Crippen LogP contribution in [-0.4, -0.2) is 142 Å². The molecule has 24 nitrogen and oxygen atoms in total. The summed E-state index contributed by atoms with van der Waals surface area (Å²) in [6.07, 6.45) is 0.330. The molecule has 0 unspecified atom stereocenters. The normalized spacial score (nSPS) is 13.9. The van der Waals surface area contributed by atoms with Crippen molar-refractivity contribution in [1.82, 2.24) is 46.3 Å². The zero-order valence-corrected chi connectivity index (χ0v) is 44.9. The van der Waals surface area contributed by atoms with Crippen molar-refractivity contribution in [3.63, 3.8) is 0 Å². The van der Waals surface area contributed by atoms with Gasteiger partial charge in [0.2, 0.25) is 47.3 Å². The molecule has 2 heterocycles. The molecule has 0 saturated carbocycles. The second kappa shape index (κ2) is 29.0. The summed E-state index contributed by atoms with van der Waals surface area (Å²) in [5.41, 5.74) is 12.1. The zero-order chi connectivity index (χ0) is 59.6. The minimum absolute atomic E-state index is 0.0882. The van der Waals surface area contributed by atoms with Crippen molar-refractivity contribution in [2.45, 2.75) is 90.3 Å². The number of aromatic nitrogens is 1. The molecule has 432 valence electrons. The molecule has 3 aromatic carbocycles. The number of hydrogen-bond donors (Lipinski definition) is 9. The Hall–Kier alpha value is -9.33. The van der Waals surface area contributed by atoms with Gasteiger partial charge in [-0.15, -0.1) is 0 Å². The number of hydrogen-bond acceptors (Lipinski definition) is 13. The number of rotatable bonds is 28. The molecule has 0 fully saturated rings. The van der Waals surface area contributed by atoms with Gasteiger partial charge in [-0.05, 0) is 54.2 Å². The molecular formula is C55H65F2N11O13. The first-order valence-corrected chi connectivity index (χ1v) is 25.5. The van der Waals surface area contributed by atoms with Gasteiger partial charge in [0.1, 0.15) is 55.6 Å². The third-order valence-electron chi connectivity index (χ3n) is 12.5. The lowest BCUT2D eigenvalue weighted by Gasteiger charge is -2.41. The molecule has 1 aliphatic heterocycles. The van der Waals surface area contributed by atoms with Crippen molar-refractivity contribution in [2.75, 3.05) is 32.8 Å². The number of nitrogens with two attached hydrogens (primary N) is 2. The van der Waals surface area contributed by atoms with Gasteiger partial charge in [0, 0.05) is 61.3 Å². The smallest absolute Gasteiger partial charge is 0.408 e. The number of ether oxygens (including phenoxy) is 1. The first-order chi connectivity index (χ1) is 38.3. The van der Waals surface area contributed by atoms with Crippen molar-refractivity contribution in [3.05, 3.63) is 132 Å². The highest BCUT2D eigenvalue weighted by molar-refractivity contribution is 6.14. The molecule has 1 aliphatic rings. The van der Waals surface area contributed by atoms with Gasteiger partial charge < -0.3 is 62.7 Å². The number of halogens is 2. The van der Waals surface area contributed by atoms with E-state index in [1.165, 1.54) is 11.8 Å². The summed E-state index contributed by atoms with van der Waals surface area (Å²) in [5, 5.41) is 24.7. The maximum Gasteiger partial charge on any atom is 0.408 e. The Bertz CT molecular complexity index is 2990. The molecule has 5 atom stereocenters. The van der Waals surface area contributed by atoms with E-state index in [0.717, 1.165) is 35.9 Å². The maximum absolute atomic E-state index is 15.4. The molecule has 0 spiro atoms. The van der Waals surface area contributed by atoms with Crippen LogP contribution < -0.4 is 43.4 Å². The predicted molar refractivity (Wildman–Crippen MR) is 285 cm³/mol. The molecule has 1 aromatic heterocycles. The van der Waals surface area contributed by atoms with Gasteiger partial charge in [-0.1, -0.05) is 81.4 Å². The lowest BCUT2D eigenvalue weighted by molar-refractivity contribution is -0.141. The van der Waals surface area contributed by atoms with Crippen LogP contribution in [0.4, 0.5) is 13.6 Å². The van der Waals surface area contributed by atoms with Crippen LogP contribution in [0.3, 0.4) is 0 Å². The van der Waals surface area contributed by atoms with Gasteiger partial charge in [0.25, 0.3) is 11.8 Å². The number of imide groups is 1. The largest absolute Gasteiger partial charge is 0.445 e. The SMILES string of the molecule is C[C@H](NC(=O)OCc1ccccc1)C(=O)N[C@H](CC(=O)N[C@@H](CC(N)=O)C(=O)N[C@@H](CCN(C(=O)CO)[C@@H](c1cc(-c2cc(F)ccc2F)cn1Cc1ccccc1)C(C)(C)C)C(=O)NCCNC(=O)CN1C(=O)C=CC1=O)C(N)=O. The van der Waals surface area contributed by atoms with E-state index in [-0.39, 0.29) is 37.4 Å². The van der Waals surface area contributed by atoms with E-state index >= 15 is 4.39 Å². The van der Waals surface area contributed by atoms with Crippen molar-refractivity contribution < 1.29 is 71.4 Å². The third kappa shape index (κ3) is 18.7. The number of carbonyl (C=O) groups excluding carboxylic acids is 11. The van der Waals surface area contributed by atoms with E-state index in [1.54, 1.807) is 86.1 Å². The average molecular weight is 1130 g/mol. The molecular weight excluding hydrogens is 1060 g/mol. The van der Waals surface area contributed by atoms with E-state index < -0.39 is 151 Å². The van der Waals surface area contributed by atoms with Crippen LogP contribution in [0.1, 0.15) is 69.8 Å². The Labute approximate surface area is 464 Å². The summed E-state index contributed by atoms with van der Waals surface area (Å²) in [7, 11) is 0. The van der Waals surface area contributed by atoms with Crippen LogP contribution in [0.15, 0.2) is 103 Å². The minimum Gasteiger partial charge on any atom is -0.445 e. The van der Waals surface area contributed by atoms with Gasteiger partial charge in [-0.25, -0.2) is 13.6 Å². The Kier molecular flexibility index (Phi) is 22.4. The lowest BCUT2D eigenvalue weighted by Crippen LogP contribution is -2.57. The van der Waals surface area contributed by atoms with Crippen LogP contribution >= 0.6 is 0 Å². The summed E-state index contributed by atoms with van der Waals surface area (Å²) in [4.78, 5) is 145. The molecule has 4 aromatic rings. The highest BCUT2D eigenvalue weighted by Gasteiger charge is 2.39. The summed E-state index contributed by atoms with van der Waals surface area (Å²) in [6, 6.07) is 14.6. The molecule has 0 aliphatic carbocycles. The van der Waals surface area contributed by atoms with Gasteiger partial charge in [-0.2, -0.15) is 0 Å². The van der Waals surface area contributed by atoms with Crippen LogP contribution in [0, 0.1) is 17.0 Å². The number of aliphatic hydroxyl groups excluding tert-OH is 1.